The van der Waals surface area contributed by atoms with Crippen LogP contribution in [-0.4, -0.2) is 46.1 Å². The van der Waals surface area contributed by atoms with Gasteiger partial charge in [0.25, 0.3) is 0 Å². The van der Waals surface area contributed by atoms with Crippen molar-refractivity contribution in [2.45, 2.75) is 25.8 Å². The fourth-order valence-corrected chi connectivity index (χ4v) is 3.33. The zero-order valence-corrected chi connectivity index (χ0v) is 12.9. The number of amides is 2. The van der Waals surface area contributed by atoms with Crippen molar-refractivity contribution >= 4 is 29.4 Å². The number of rotatable bonds is 4. The Hall–Kier alpha value is -1.69. The fourth-order valence-electron chi connectivity index (χ4n) is 2.29. The van der Waals surface area contributed by atoms with Crippen LogP contribution in [0.2, 0.25) is 0 Å². The van der Waals surface area contributed by atoms with Gasteiger partial charge in [-0.25, -0.2) is 9.59 Å². The van der Waals surface area contributed by atoms with Crippen LogP contribution in [0, 0.1) is 0 Å². The van der Waals surface area contributed by atoms with Gasteiger partial charge in [-0.2, -0.15) is 11.8 Å². The van der Waals surface area contributed by atoms with Crippen LogP contribution in [0.5, 0.6) is 0 Å². The summed E-state index contributed by atoms with van der Waals surface area (Å²) in [5.41, 5.74) is 1.93. The van der Waals surface area contributed by atoms with Gasteiger partial charge < -0.3 is 15.3 Å². The molecule has 2 amide bonds. The van der Waals surface area contributed by atoms with Crippen LogP contribution in [-0.2, 0) is 11.2 Å². The van der Waals surface area contributed by atoms with Crippen molar-refractivity contribution in [3.05, 3.63) is 29.8 Å². The lowest BCUT2D eigenvalue weighted by molar-refractivity contribution is -0.141. The molecule has 1 aliphatic rings. The van der Waals surface area contributed by atoms with Crippen LogP contribution in [0.4, 0.5) is 10.5 Å². The quantitative estimate of drug-likeness (QED) is 0.897. The van der Waals surface area contributed by atoms with Crippen LogP contribution in [0.1, 0.15) is 18.9 Å². The van der Waals surface area contributed by atoms with Gasteiger partial charge in [0, 0.05) is 23.7 Å². The highest BCUT2D eigenvalue weighted by molar-refractivity contribution is 7.99. The number of benzene rings is 1. The lowest BCUT2D eigenvalue weighted by Gasteiger charge is -2.32. The predicted octanol–water partition coefficient (Wildman–Crippen LogP) is 2.67. The molecule has 2 rings (SSSR count). The smallest absolute Gasteiger partial charge is 0.327 e. The Bertz CT molecular complexity index is 504. The van der Waals surface area contributed by atoms with Crippen LogP contribution in [0.3, 0.4) is 0 Å². The average Bonchev–Trinajstić information content (AvgIpc) is 2.49. The van der Waals surface area contributed by atoms with Crippen molar-refractivity contribution in [1.29, 1.82) is 0 Å². The average molecular weight is 308 g/mol. The van der Waals surface area contributed by atoms with Crippen molar-refractivity contribution in [1.82, 2.24) is 4.90 Å². The number of hydrogen-bond acceptors (Lipinski definition) is 3. The second-order valence-electron chi connectivity index (χ2n) is 5.00. The number of thioether (sulfide) groups is 1. The molecule has 0 radical (unpaired) electrons. The molecule has 1 fully saturated rings. The van der Waals surface area contributed by atoms with Gasteiger partial charge in [0.15, 0.2) is 0 Å². The SMILES string of the molecule is CCCc1ccc(NC(=O)N2CCSCC2C(=O)O)cc1. The molecule has 0 saturated carbocycles. The molecule has 1 atom stereocenters. The fraction of sp³-hybridized carbons (Fsp3) is 0.467. The summed E-state index contributed by atoms with van der Waals surface area (Å²) in [6.07, 6.45) is 2.09. The summed E-state index contributed by atoms with van der Waals surface area (Å²) in [7, 11) is 0. The first kappa shape index (κ1) is 15.7. The summed E-state index contributed by atoms with van der Waals surface area (Å²) < 4.78 is 0. The molecular weight excluding hydrogens is 288 g/mol. The van der Waals surface area contributed by atoms with Gasteiger partial charge >= 0.3 is 12.0 Å². The predicted molar refractivity (Wildman–Crippen MR) is 84.9 cm³/mol. The Balaban J connectivity index is 2.00. The third-order valence-corrected chi connectivity index (χ3v) is 4.44. The molecule has 1 aromatic carbocycles. The third-order valence-electron chi connectivity index (χ3n) is 3.42. The monoisotopic (exact) mass is 308 g/mol. The first-order chi connectivity index (χ1) is 10.1. The van der Waals surface area contributed by atoms with Crippen LogP contribution in [0.25, 0.3) is 0 Å². The van der Waals surface area contributed by atoms with E-state index in [1.54, 1.807) is 11.8 Å². The van der Waals surface area contributed by atoms with Crippen LogP contribution >= 0.6 is 11.8 Å². The number of nitrogens with zero attached hydrogens (tertiary/aromatic N) is 1. The van der Waals surface area contributed by atoms with E-state index in [9.17, 15) is 14.7 Å². The van der Waals surface area contributed by atoms with Crippen LogP contribution in [0.15, 0.2) is 24.3 Å². The molecule has 21 heavy (non-hydrogen) atoms. The third kappa shape index (κ3) is 4.14. The maximum atomic E-state index is 12.2. The number of anilines is 1. The van der Waals surface area contributed by atoms with Gasteiger partial charge in [0.1, 0.15) is 6.04 Å². The van der Waals surface area contributed by atoms with Gasteiger partial charge in [0.2, 0.25) is 0 Å². The lowest BCUT2D eigenvalue weighted by atomic mass is 10.1. The minimum Gasteiger partial charge on any atom is -0.480 e. The number of carboxylic acid groups (broad SMARTS) is 1. The van der Waals surface area contributed by atoms with E-state index >= 15 is 0 Å². The number of carboxylic acids is 1. The van der Waals surface area contributed by atoms with E-state index in [0.717, 1.165) is 18.6 Å². The topological polar surface area (TPSA) is 69.6 Å². The molecule has 5 nitrogen and oxygen atoms in total. The molecule has 1 aliphatic heterocycles. The van der Waals surface area contributed by atoms with Crippen LogP contribution < -0.4 is 5.32 Å². The number of aryl methyl sites for hydroxylation is 1. The first-order valence-electron chi connectivity index (χ1n) is 7.09. The minimum absolute atomic E-state index is 0.342. The minimum atomic E-state index is -0.948. The highest BCUT2D eigenvalue weighted by Gasteiger charge is 2.32. The Labute approximate surface area is 128 Å². The molecule has 1 aromatic rings. The van der Waals surface area contributed by atoms with Crippen molar-refractivity contribution < 1.29 is 14.7 Å². The molecule has 0 spiro atoms. The molecule has 0 aromatic heterocycles. The number of hydrogen-bond donors (Lipinski definition) is 2. The molecule has 1 unspecified atom stereocenters. The highest BCUT2D eigenvalue weighted by Crippen LogP contribution is 2.19. The second-order valence-corrected chi connectivity index (χ2v) is 6.15. The summed E-state index contributed by atoms with van der Waals surface area (Å²) in [5, 5.41) is 12.0. The van der Waals surface area contributed by atoms with Gasteiger partial charge in [-0.15, -0.1) is 0 Å². The number of aliphatic carboxylic acids is 1. The number of carbonyl (C=O) groups is 2. The standard InChI is InChI=1S/C15H20N2O3S/c1-2-3-11-4-6-12(7-5-11)16-15(20)17-8-9-21-10-13(17)14(18)19/h4-7,13H,2-3,8-10H2,1H3,(H,16,20)(H,18,19). The summed E-state index contributed by atoms with van der Waals surface area (Å²) >= 11 is 1.56. The van der Waals surface area contributed by atoms with E-state index < -0.39 is 12.0 Å². The van der Waals surface area contributed by atoms with E-state index in [-0.39, 0.29) is 6.03 Å². The van der Waals surface area contributed by atoms with Gasteiger partial charge in [-0.3, -0.25) is 0 Å². The van der Waals surface area contributed by atoms with Gasteiger partial charge in [0.05, 0.1) is 0 Å². The number of urea groups is 1. The molecule has 1 saturated heterocycles. The largest absolute Gasteiger partial charge is 0.480 e. The molecule has 0 bridgehead atoms. The van der Waals surface area contributed by atoms with E-state index in [4.69, 9.17) is 0 Å². The van der Waals surface area contributed by atoms with Crippen molar-refractivity contribution in [3.63, 3.8) is 0 Å². The molecule has 114 valence electrons. The maximum absolute atomic E-state index is 12.2. The summed E-state index contributed by atoms with van der Waals surface area (Å²) in [6.45, 7) is 2.58. The lowest BCUT2D eigenvalue weighted by Crippen LogP contribution is -2.51. The molecule has 6 heteroatoms. The second kappa shape index (κ2) is 7.36. The Kier molecular flexibility index (Phi) is 5.50. The van der Waals surface area contributed by atoms with E-state index in [0.29, 0.717) is 18.0 Å². The van der Waals surface area contributed by atoms with E-state index in [2.05, 4.69) is 12.2 Å². The van der Waals surface area contributed by atoms with E-state index in [1.165, 1.54) is 10.5 Å². The normalized spacial score (nSPS) is 18.3. The zero-order chi connectivity index (χ0) is 15.2. The van der Waals surface area contributed by atoms with Crippen molar-refractivity contribution in [3.8, 4) is 0 Å². The molecule has 0 aliphatic carbocycles. The first-order valence-corrected chi connectivity index (χ1v) is 8.24. The summed E-state index contributed by atoms with van der Waals surface area (Å²) in [6, 6.07) is 6.60. The molecule has 1 heterocycles. The van der Waals surface area contributed by atoms with E-state index in [1.807, 2.05) is 24.3 Å². The zero-order valence-electron chi connectivity index (χ0n) is 12.0. The maximum Gasteiger partial charge on any atom is 0.327 e. The van der Waals surface area contributed by atoms with Gasteiger partial charge in [-0.05, 0) is 24.1 Å². The Morgan fingerprint density at radius 3 is 2.71 bits per heavy atom. The highest BCUT2D eigenvalue weighted by atomic mass is 32.2. The van der Waals surface area contributed by atoms with Crippen molar-refractivity contribution in [2.24, 2.45) is 0 Å². The molecule has 2 N–H and O–H groups in total. The number of nitrogens with one attached hydrogen (secondary N) is 1. The van der Waals surface area contributed by atoms with Gasteiger partial charge in [-0.1, -0.05) is 25.5 Å². The Morgan fingerprint density at radius 2 is 2.10 bits per heavy atom. The summed E-state index contributed by atoms with van der Waals surface area (Å²) in [5.74, 6) is 0.265. The Morgan fingerprint density at radius 1 is 1.38 bits per heavy atom. The molecular formula is C15H20N2O3S. The van der Waals surface area contributed by atoms with Crippen molar-refractivity contribution in [2.75, 3.05) is 23.4 Å². The number of carbonyl (C=O) groups excluding carboxylic acids is 1. The summed E-state index contributed by atoms with van der Waals surface area (Å²) in [4.78, 5) is 24.8.